The van der Waals surface area contributed by atoms with E-state index < -0.39 is 0 Å². The second kappa shape index (κ2) is 6.33. The van der Waals surface area contributed by atoms with Crippen molar-refractivity contribution in [3.63, 3.8) is 0 Å². The molecule has 1 aliphatic rings. The van der Waals surface area contributed by atoms with E-state index in [1.807, 2.05) is 18.7 Å². The Labute approximate surface area is 93.5 Å². The van der Waals surface area contributed by atoms with Gasteiger partial charge in [-0.15, -0.1) is 0 Å². The molecule has 84 valence electrons. The molecule has 14 heavy (non-hydrogen) atoms. The van der Waals surface area contributed by atoms with E-state index in [1.54, 1.807) is 0 Å². The molecule has 0 aromatic rings. The van der Waals surface area contributed by atoms with Crippen molar-refractivity contribution in [1.82, 2.24) is 4.90 Å². The number of nitrogens with zero attached hydrogens (tertiary/aromatic N) is 1. The first-order valence-electron chi connectivity index (χ1n) is 5.52. The van der Waals surface area contributed by atoms with E-state index in [4.69, 9.17) is 0 Å². The number of hydrogen-bond acceptors (Lipinski definition) is 2. The quantitative estimate of drug-likeness (QED) is 0.705. The van der Waals surface area contributed by atoms with Crippen LogP contribution in [0.3, 0.4) is 0 Å². The number of carbonyl (C=O) groups excluding carboxylic acids is 1. The van der Waals surface area contributed by atoms with Crippen LogP contribution in [0, 0.1) is 5.92 Å². The van der Waals surface area contributed by atoms with Crippen molar-refractivity contribution in [2.45, 2.75) is 52.3 Å². The molecule has 3 heteroatoms. The molecule has 0 aromatic heterocycles. The van der Waals surface area contributed by atoms with Gasteiger partial charge in [0.1, 0.15) is 0 Å². The molecule has 0 aromatic carbocycles. The Bertz CT molecular complexity index is 182. The molecule has 1 heterocycles. The van der Waals surface area contributed by atoms with Crippen molar-refractivity contribution in [2.75, 3.05) is 6.54 Å². The Hall–Kier alpha value is -0.180. The summed E-state index contributed by atoms with van der Waals surface area (Å²) in [4.78, 5) is 13.4. The first-order valence-corrected chi connectivity index (χ1v) is 6.04. The summed E-state index contributed by atoms with van der Waals surface area (Å²) in [6, 6.07) is 0.356. The Morgan fingerprint density at radius 2 is 1.86 bits per heavy atom. The highest BCUT2D eigenvalue weighted by molar-refractivity contribution is 7.81. The van der Waals surface area contributed by atoms with Gasteiger partial charge in [-0.25, -0.2) is 0 Å². The lowest BCUT2D eigenvalue weighted by molar-refractivity contribution is -0.129. The summed E-state index contributed by atoms with van der Waals surface area (Å²) in [5.41, 5.74) is 0. The van der Waals surface area contributed by atoms with E-state index in [0.29, 0.717) is 12.0 Å². The zero-order chi connectivity index (χ0) is 11.3. The summed E-state index contributed by atoms with van der Waals surface area (Å²) in [6.07, 6.45) is 0.902. The molecule has 0 aliphatic carbocycles. The Morgan fingerprint density at radius 3 is 2.14 bits per heavy atom. The van der Waals surface area contributed by atoms with E-state index in [-0.39, 0.29) is 11.2 Å². The fourth-order valence-electron chi connectivity index (χ4n) is 1.45. The number of thiol groups is 1. The van der Waals surface area contributed by atoms with Crippen LogP contribution in [-0.2, 0) is 4.79 Å². The van der Waals surface area contributed by atoms with Gasteiger partial charge in [-0.05, 0) is 19.3 Å². The van der Waals surface area contributed by atoms with Gasteiger partial charge in [0.25, 0.3) is 0 Å². The average molecular weight is 217 g/mol. The van der Waals surface area contributed by atoms with Crippen LogP contribution in [0.1, 0.15) is 41.0 Å². The van der Waals surface area contributed by atoms with Crippen LogP contribution in [-0.4, -0.2) is 28.6 Å². The second-order valence-corrected chi connectivity index (χ2v) is 4.44. The zero-order valence-corrected chi connectivity index (χ0v) is 10.8. The van der Waals surface area contributed by atoms with Crippen molar-refractivity contribution in [2.24, 2.45) is 5.92 Å². The third-order valence-electron chi connectivity index (χ3n) is 2.67. The van der Waals surface area contributed by atoms with Gasteiger partial charge in [0.05, 0.1) is 5.25 Å². The summed E-state index contributed by atoms with van der Waals surface area (Å²) < 4.78 is 0. The van der Waals surface area contributed by atoms with E-state index in [9.17, 15) is 4.79 Å². The lowest BCUT2D eigenvalue weighted by Crippen LogP contribution is -2.38. The number of hydrogen-bond donors (Lipinski definition) is 1. The Kier molecular flexibility index (Phi) is 6.25. The van der Waals surface area contributed by atoms with Crippen LogP contribution in [0.5, 0.6) is 0 Å². The molecule has 0 N–H and O–H groups in total. The van der Waals surface area contributed by atoms with Gasteiger partial charge in [-0.3, -0.25) is 4.79 Å². The molecule has 0 radical (unpaired) electrons. The van der Waals surface area contributed by atoms with Crippen LogP contribution in [0.25, 0.3) is 0 Å². The summed E-state index contributed by atoms with van der Waals surface area (Å²) in [7, 11) is 0. The van der Waals surface area contributed by atoms with E-state index in [0.717, 1.165) is 13.0 Å². The number of amides is 1. The largest absolute Gasteiger partial charge is 0.339 e. The van der Waals surface area contributed by atoms with E-state index in [1.165, 1.54) is 0 Å². The third-order valence-corrected chi connectivity index (χ3v) is 3.15. The van der Waals surface area contributed by atoms with Crippen LogP contribution >= 0.6 is 12.6 Å². The van der Waals surface area contributed by atoms with Gasteiger partial charge < -0.3 is 4.90 Å². The maximum absolute atomic E-state index is 11.5. The SMILES string of the molecule is CC.CC(C)C(C)N1CCC(S)C1=O. The first-order chi connectivity index (χ1) is 6.54. The predicted octanol–water partition coefficient (Wildman–Crippen LogP) is 2.59. The number of carbonyl (C=O) groups is 1. The lowest BCUT2D eigenvalue weighted by Gasteiger charge is -2.27. The zero-order valence-electron chi connectivity index (χ0n) is 9.95. The highest BCUT2D eigenvalue weighted by Crippen LogP contribution is 2.21. The van der Waals surface area contributed by atoms with Gasteiger partial charge in [0, 0.05) is 12.6 Å². The molecule has 1 aliphatic heterocycles. The van der Waals surface area contributed by atoms with E-state index >= 15 is 0 Å². The van der Waals surface area contributed by atoms with Crippen molar-refractivity contribution in [1.29, 1.82) is 0 Å². The topological polar surface area (TPSA) is 20.3 Å². The van der Waals surface area contributed by atoms with Crippen LogP contribution in [0.2, 0.25) is 0 Å². The minimum Gasteiger partial charge on any atom is -0.339 e. The summed E-state index contributed by atoms with van der Waals surface area (Å²) >= 11 is 4.22. The van der Waals surface area contributed by atoms with Gasteiger partial charge in [-0.2, -0.15) is 12.6 Å². The minimum absolute atomic E-state index is 0.0498. The number of likely N-dealkylation sites (tertiary alicyclic amines) is 1. The summed E-state index contributed by atoms with van der Waals surface area (Å²) in [6.45, 7) is 11.3. The molecule has 1 amide bonds. The van der Waals surface area contributed by atoms with Crippen molar-refractivity contribution >= 4 is 18.5 Å². The standard InChI is InChI=1S/C9H17NOS.C2H6/c1-6(2)7(3)10-5-4-8(12)9(10)11;1-2/h6-8,12H,4-5H2,1-3H3;1-2H3. The highest BCUT2D eigenvalue weighted by Gasteiger charge is 2.32. The molecule has 1 saturated heterocycles. The average Bonchev–Trinajstić information content (AvgIpc) is 2.50. The number of rotatable bonds is 2. The predicted molar refractivity (Wildman–Crippen MR) is 64.8 cm³/mol. The fourth-order valence-corrected chi connectivity index (χ4v) is 1.71. The van der Waals surface area contributed by atoms with Crippen LogP contribution < -0.4 is 0 Å². The van der Waals surface area contributed by atoms with Gasteiger partial charge in [0.2, 0.25) is 5.91 Å². The van der Waals surface area contributed by atoms with Gasteiger partial charge in [-0.1, -0.05) is 27.7 Å². The Balaban J connectivity index is 0.000000791. The molecule has 2 atom stereocenters. The molecule has 1 rings (SSSR count). The van der Waals surface area contributed by atoms with Crippen LogP contribution in [0.15, 0.2) is 0 Å². The molecule has 1 fully saturated rings. The smallest absolute Gasteiger partial charge is 0.235 e. The van der Waals surface area contributed by atoms with Crippen LogP contribution in [0.4, 0.5) is 0 Å². The highest BCUT2D eigenvalue weighted by atomic mass is 32.1. The van der Waals surface area contributed by atoms with Crippen molar-refractivity contribution in [3.8, 4) is 0 Å². The first kappa shape index (κ1) is 13.8. The maximum atomic E-state index is 11.5. The monoisotopic (exact) mass is 217 g/mol. The van der Waals surface area contributed by atoms with E-state index in [2.05, 4.69) is 33.4 Å². The maximum Gasteiger partial charge on any atom is 0.235 e. The molecule has 0 saturated carbocycles. The third kappa shape index (κ3) is 3.19. The normalized spacial score (nSPS) is 23.5. The molecule has 0 bridgehead atoms. The second-order valence-electron chi connectivity index (χ2n) is 3.82. The van der Waals surface area contributed by atoms with Gasteiger partial charge in [0.15, 0.2) is 0 Å². The molecule has 0 spiro atoms. The van der Waals surface area contributed by atoms with Crippen molar-refractivity contribution in [3.05, 3.63) is 0 Å². The molecule has 2 nitrogen and oxygen atoms in total. The summed E-state index contributed by atoms with van der Waals surface area (Å²) in [5, 5.41) is -0.0498. The summed E-state index contributed by atoms with van der Waals surface area (Å²) in [5.74, 6) is 0.743. The fraction of sp³-hybridized carbons (Fsp3) is 0.909. The van der Waals surface area contributed by atoms with Crippen molar-refractivity contribution < 1.29 is 4.79 Å². The molecular weight excluding hydrogens is 194 g/mol. The lowest BCUT2D eigenvalue weighted by atomic mass is 10.1. The Morgan fingerprint density at radius 1 is 1.36 bits per heavy atom. The molecule has 2 unspecified atom stereocenters. The minimum atomic E-state index is -0.0498. The molecular formula is C11H23NOS. The van der Waals surface area contributed by atoms with Gasteiger partial charge >= 0.3 is 0 Å².